The summed E-state index contributed by atoms with van der Waals surface area (Å²) in [5.41, 5.74) is -2.37. The maximum atomic E-state index is 15.8. The van der Waals surface area contributed by atoms with Gasteiger partial charge in [-0.1, -0.05) is 83.9 Å². The summed E-state index contributed by atoms with van der Waals surface area (Å²) in [6.45, 7) is 6.22. The van der Waals surface area contributed by atoms with Crippen molar-refractivity contribution >= 4 is 82.5 Å². The van der Waals surface area contributed by atoms with E-state index in [0.29, 0.717) is 64.5 Å². The van der Waals surface area contributed by atoms with E-state index in [4.69, 9.17) is 16.3 Å². The zero-order valence-electron chi connectivity index (χ0n) is 59.4. The summed E-state index contributed by atoms with van der Waals surface area (Å²) in [6.07, 6.45) is 2.31. The van der Waals surface area contributed by atoms with Gasteiger partial charge in [0.2, 0.25) is 70.9 Å². The number of amides is 12. The lowest BCUT2D eigenvalue weighted by molar-refractivity contribution is -0.157. The van der Waals surface area contributed by atoms with Gasteiger partial charge < -0.3 is 64.8 Å². The van der Waals surface area contributed by atoms with Gasteiger partial charge in [0.15, 0.2) is 0 Å². The van der Waals surface area contributed by atoms with Crippen molar-refractivity contribution in [2.75, 3.05) is 102 Å². The van der Waals surface area contributed by atoms with Crippen LogP contribution in [0.3, 0.4) is 0 Å². The fourth-order valence-corrected chi connectivity index (χ4v) is 14.7. The fraction of sp³-hybridized carbons (Fsp3) is 0.739. The third kappa shape index (κ3) is 20.1. The van der Waals surface area contributed by atoms with Crippen LogP contribution in [0.4, 0.5) is 13.2 Å². The summed E-state index contributed by atoms with van der Waals surface area (Å²) >= 11 is 6.13. The molecule has 25 nitrogen and oxygen atoms in total. The normalized spacial score (nSPS) is 26.1. The molecular formula is C69H106ClF3N12O13. The van der Waals surface area contributed by atoms with Crippen LogP contribution in [0.2, 0.25) is 5.02 Å². The fourth-order valence-electron chi connectivity index (χ4n) is 14.4. The lowest BCUT2D eigenvalue weighted by Crippen LogP contribution is -2.65. The number of hydrogen-bond donors (Lipinski definition) is 3. The monoisotopic (exact) mass is 1400 g/mol. The van der Waals surface area contributed by atoms with Gasteiger partial charge in [0.25, 0.3) is 0 Å². The number of piperidine rings is 1. The number of nitrogens with zero attached hydrogens (tertiary/aromatic N) is 9. The molecule has 0 aromatic heterocycles. The van der Waals surface area contributed by atoms with E-state index in [1.54, 1.807) is 11.8 Å². The second kappa shape index (κ2) is 35.8. The Morgan fingerprint density at radius 2 is 1.27 bits per heavy atom. The predicted octanol–water partition coefficient (Wildman–Crippen LogP) is 4.49. The van der Waals surface area contributed by atoms with Crippen molar-refractivity contribution in [2.45, 2.75) is 210 Å². The van der Waals surface area contributed by atoms with Gasteiger partial charge in [0.1, 0.15) is 47.8 Å². The van der Waals surface area contributed by atoms with Crippen LogP contribution in [0.1, 0.15) is 161 Å². The van der Waals surface area contributed by atoms with E-state index in [1.165, 1.54) is 82.1 Å². The lowest BCUT2D eigenvalue weighted by Gasteiger charge is -2.43. The van der Waals surface area contributed by atoms with Gasteiger partial charge in [0.05, 0.1) is 36.6 Å². The first-order chi connectivity index (χ1) is 46.2. The number of likely N-dealkylation sites (tertiary alicyclic amines) is 1. The van der Waals surface area contributed by atoms with Crippen molar-refractivity contribution in [3.8, 4) is 0 Å². The highest BCUT2D eigenvalue weighted by Gasteiger charge is 2.51. The van der Waals surface area contributed by atoms with Crippen LogP contribution in [-0.4, -0.2) is 265 Å². The van der Waals surface area contributed by atoms with Crippen molar-refractivity contribution in [1.82, 2.24) is 60.0 Å². The van der Waals surface area contributed by atoms with E-state index in [-0.39, 0.29) is 69.6 Å². The number of rotatable bonds is 12. The van der Waals surface area contributed by atoms with Gasteiger partial charge in [-0.15, -0.1) is 0 Å². The number of carbonyl (C=O) groups is 12. The Morgan fingerprint density at radius 1 is 0.653 bits per heavy atom. The number of carbonyl (C=O) groups excluding carboxylic acids is 12. The summed E-state index contributed by atoms with van der Waals surface area (Å²) in [5, 5.41) is 8.07. The number of benzene rings is 1. The number of likely N-dealkylation sites (N-methyl/N-ethyl adjacent to an activating group) is 7. The maximum absolute atomic E-state index is 15.8. The summed E-state index contributed by atoms with van der Waals surface area (Å²) in [5.74, 6) is -9.12. The minimum atomic E-state index is -4.76. The maximum Gasteiger partial charge on any atom is 0.417 e. The second-order valence-corrected chi connectivity index (χ2v) is 28.6. The van der Waals surface area contributed by atoms with Crippen molar-refractivity contribution in [2.24, 2.45) is 17.8 Å². The smallest absolute Gasteiger partial charge is 0.385 e. The molecule has 1 aromatic rings. The van der Waals surface area contributed by atoms with Gasteiger partial charge >= 0.3 is 6.18 Å². The van der Waals surface area contributed by atoms with Gasteiger partial charge in [0, 0.05) is 89.1 Å². The average molecular weight is 1400 g/mol. The number of halogens is 4. The van der Waals surface area contributed by atoms with E-state index >= 15 is 28.8 Å². The van der Waals surface area contributed by atoms with Gasteiger partial charge in [-0.3, -0.25) is 57.5 Å². The first-order valence-electron chi connectivity index (χ1n) is 34.8. The molecule has 0 radical (unpaired) electrons. The molecule has 12 amide bonds. The number of methoxy groups -OCH3 is 1. The van der Waals surface area contributed by atoms with Crippen LogP contribution in [-0.2, 0) is 74.9 Å². The van der Waals surface area contributed by atoms with Crippen LogP contribution in [0.25, 0.3) is 0 Å². The predicted molar refractivity (Wildman–Crippen MR) is 359 cm³/mol. The highest BCUT2D eigenvalue weighted by Crippen LogP contribution is 2.38. The molecule has 3 N–H and O–H groups in total. The highest BCUT2D eigenvalue weighted by molar-refractivity contribution is 6.31. The number of fused-ring (bicyclic) bond motifs is 1. The van der Waals surface area contributed by atoms with Crippen molar-refractivity contribution < 1.29 is 75.4 Å². The number of alkyl halides is 3. The third-order valence-electron chi connectivity index (χ3n) is 20.7. The molecule has 29 heteroatoms. The first-order valence-corrected chi connectivity index (χ1v) is 35.2. The molecule has 5 aliphatic rings. The molecule has 3 aliphatic heterocycles. The Morgan fingerprint density at radius 3 is 1.87 bits per heavy atom. The lowest BCUT2D eigenvalue weighted by atomic mass is 9.81. The molecule has 3 heterocycles. The molecule has 2 aliphatic carbocycles. The van der Waals surface area contributed by atoms with E-state index < -0.39 is 173 Å². The highest BCUT2D eigenvalue weighted by atomic mass is 35.5. The Bertz CT molecular complexity index is 3030. The quantitative estimate of drug-likeness (QED) is 0.261. The zero-order chi connectivity index (χ0) is 72.7. The molecule has 5 fully saturated rings. The summed E-state index contributed by atoms with van der Waals surface area (Å²) in [6, 6.07) is -5.78. The molecule has 2 saturated carbocycles. The summed E-state index contributed by atoms with van der Waals surface area (Å²) in [4.78, 5) is 189. The van der Waals surface area contributed by atoms with Crippen LogP contribution in [0.5, 0.6) is 0 Å². The van der Waals surface area contributed by atoms with E-state index in [2.05, 4.69) is 16.0 Å². The van der Waals surface area contributed by atoms with Crippen LogP contribution >= 0.6 is 11.6 Å². The Balaban J connectivity index is 1.43. The number of ether oxygens (including phenoxy) is 1. The summed E-state index contributed by atoms with van der Waals surface area (Å²) < 4.78 is 46.8. The van der Waals surface area contributed by atoms with Gasteiger partial charge in [-0.05, 0) is 112 Å². The minimum Gasteiger partial charge on any atom is -0.385 e. The second-order valence-electron chi connectivity index (χ2n) is 28.2. The van der Waals surface area contributed by atoms with Gasteiger partial charge in [-0.2, -0.15) is 13.2 Å². The Hall–Kier alpha value is -7.10. The molecule has 8 atom stereocenters. The minimum absolute atomic E-state index is 0.0241. The van der Waals surface area contributed by atoms with Crippen molar-refractivity contribution in [3.63, 3.8) is 0 Å². The number of nitrogens with one attached hydrogen (secondary N) is 3. The molecule has 98 heavy (non-hydrogen) atoms. The molecule has 1 aromatic carbocycles. The van der Waals surface area contributed by atoms with Crippen LogP contribution < -0.4 is 16.0 Å². The van der Waals surface area contributed by atoms with Gasteiger partial charge in [-0.25, -0.2) is 0 Å². The molecule has 6 rings (SSSR count). The molecule has 0 bridgehead atoms. The van der Waals surface area contributed by atoms with Crippen molar-refractivity contribution in [1.29, 1.82) is 0 Å². The molecule has 1 spiro atoms. The third-order valence-corrected chi connectivity index (χ3v) is 21.0. The average Bonchev–Trinajstić information content (AvgIpc) is 1.36. The van der Waals surface area contributed by atoms with Crippen LogP contribution in [0, 0.1) is 17.8 Å². The zero-order valence-corrected chi connectivity index (χ0v) is 60.2. The Labute approximate surface area is 580 Å². The largest absolute Gasteiger partial charge is 0.417 e. The Kier molecular flexibility index (Phi) is 29.2. The van der Waals surface area contributed by atoms with Crippen molar-refractivity contribution in [3.05, 3.63) is 34.3 Å². The molecule has 548 valence electrons. The standard InChI is InChI=1S/C69H106ClF3N12O13/c1-13-44(4)58-65(95)79(7)41-56(88)77(5)42-57(89)80(8)51(30-36-98-12)63(93)78(6)40-54(86)74-49(29-27-45-26-28-47(48(70)38-45)69(71,72)73)62(92)85-35-22-25-50(85)61(91)76-68(31-18-19-32-68)67(97)83(11)59(46-23-16-14-17-24-46)66(96)82(10)53(64(94)84-33-20-15-21-34-84)39-55(87)81(9)52(37-43(2)3)60(90)75-58/h26,28,38,43-44,46,49-53,58-59H,13-25,27,29-37,39-42H2,1-12H3,(H,74,86)(H,75,90)(H,76,91)/t44-,49-,50?,51-,52-,53-,58-,59-/m0/s1. The molecule has 1 unspecified atom stereocenters. The van der Waals surface area contributed by atoms with E-state index in [0.717, 1.165) is 57.4 Å². The SMILES string of the molecule is CC[C@H](C)[C@@H]1NC(=O)[C@H](CC(C)C)N(C)C(=O)C[C@@H](C(=O)N2CCCCC2)N(C)C(=O)[C@H](C2CCCCC2)N(C)C(=O)C2(CCCC2)NC(=O)C2CCCN2C(=O)[C@H](CCc2ccc(C(F)(F)F)c(Cl)c2)NC(=O)CN(C)C(=O)[C@H](CCOC)N(C)C(=O)CN(C)C(=O)CN(C)C1=O. The van der Waals surface area contributed by atoms with E-state index in [1.807, 2.05) is 20.8 Å². The van der Waals surface area contributed by atoms with Crippen LogP contribution in [0.15, 0.2) is 18.2 Å². The topological polar surface area (TPSA) is 279 Å². The molecule has 3 saturated heterocycles. The number of hydrogen-bond acceptors (Lipinski definition) is 13. The first kappa shape index (κ1) is 79.9. The van der Waals surface area contributed by atoms with E-state index in [9.17, 15) is 41.9 Å². The molecular weight excluding hydrogens is 1300 g/mol. The summed E-state index contributed by atoms with van der Waals surface area (Å²) in [7, 11) is 11.1. The number of aryl methyl sites for hydroxylation is 1.